The van der Waals surface area contributed by atoms with Crippen LogP contribution in [0.2, 0.25) is 0 Å². The van der Waals surface area contributed by atoms with Crippen molar-refractivity contribution in [1.82, 2.24) is 9.88 Å². The number of aromatic nitrogens is 1. The van der Waals surface area contributed by atoms with Gasteiger partial charge in [-0.2, -0.15) is 5.26 Å². The molecule has 5 nitrogen and oxygen atoms in total. The Morgan fingerprint density at radius 3 is 2.72 bits per heavy atom. The molecule has 7 heteroatoms. The van der Waals surface area contributed by atoms with Crippen LogP contribution < -0.4 is 0 Å². The van der Waals surface area contributed by atoms with E-state index in [1.807, 2.05) is 24.4 Å². The lowest BCUT2D eigenvalue weighted by Gasteiger charge is -2.24. The molecule has 0 unspecified atom stereocenters. The summed E-state index contributed by atoms with van der Waals surface area (Å²) in [5.41, 5.74) is 3.29. The molecule has 144 valence electrons. The molecular weight excluding hydrogens is 387 g/mol. The molecule has 0 saturated heterocycles. The van der Waals surface area contributed by atoms with Gasteiger partial charge in [-0.25, -0.2) is 9.37 Å². The minimum Gasteiger partial charge on any atom is -0.509 e. The summed E-state index contributed by atoms with van der Waals surface area (Å²) >= 11 is 1.35. The van der Waals surface area contributed by atoms with Crippen molar-refractivity contribution in [1.29, 1.82) is 10.7 Å². The smallest absolute Gasteiger partial charge is 0.135 e. The van der Waals surface area contributed by atoms with Gasteiger partial charge >= 0.3 is 0 Å². The minimum atomic E-state index is -0.400. The summed E-state index contributed by atoms with van der Waals surface area (Å²) in [5, 5.41) is 30.6. The quantitative estimate of drug-likeness (QED) is 0.643. The fourth-order valence-electron chi connectivity index (χ4n) is 3.31. The zero-order valence-corrected chi connectivity index (χ0v) is 16.4. The van der Waals surface area contributed by atoms with Crippen LogP contribution in [0.4, 0.5) is 4.39 Å². The normalized spacial score (nSPS) is 16.4. The molecule has 1 aromatic heterocycles. The molecule has 0 amide bonds. The van der Waals surface area contributed by atoms with Crippen LogP contribution >= 0.6 is 11.3 Å². The Morgan fingerprint density at radius 2 is 2.03 bits per heavy atom. The number of rotatable bonds is 4. The first-order valence-corrected chi connectivity index (χ1v) is 9.85. The zero-order valence-electron chi connectivity index (χ0n) is 15.6. The number of aliphatic hydroxyl groups excluding tert-OH is 1. The highest BCUT2D eigenvalue weighted by Crippen LogP contribution is 2.35. The first-order valence-electron chi connectivity index (χ1n) is 8.97. The number of halogens is 1. The summed E-state index contributed by atoms with van der Waals surface area (Å²) in [6, 6.07) is 15.0. The standard InChI is InChI=1S/C22H17FN4OS/c1-13-20(28)19(21(25)27(13)11-15-3-2-4-17(23)9-15)22-26-18(12-29-22)16-7-5-14(10-24)6-8-16/h2-9,12-13,25,28H,11H2,1H3/t13-/m0/s1. The van der Waals surface area contributed by atoms with Gasteiger partial charge in [-0.15, -0.1) is 11.3 Å². The molecule has 0 fully saturated rings. The van der Waals surface area contributed by atoms with Crippen LogP contribution in [0.25, 0.3) is 16.8 Å². The van der Waals surface area contributed by atoms with Crippen molar-refractivity contribution in [3.8, 4) is 17.3 Å². The maximum Gasteiger partial charge on any atom is 0.135 e. The van der Waals surface area contributed by atoms with E-state index in [9.17, 15) is 9.50 Å². The lowest BCUT2D eigenvalue weighted by molar-refractivity contribution is 0.281. The first-order chi connectivity index (χ1) is 14.0. The van der Waals surface area contributed by atoms with Crippen LogP contribution in [0.1, 0.15) is 23.1 Å². The number of nitrogens with zero attached hydrogens (tertiary/aromatic N) is 3. The van der Waals surface area contributed by atoms with E-state index in [0.29, 0.717) is 22.7 Å². The SMILES string of the molecule is C[C@H]1C(O)=C(c2nc(-c3ccc(C#N)cc3)cs2)C(=N)N1Cc1cccc(F)c1. The van der Waals surface area contributed by atoms with Crippen molar-refractivity contribution in [2.75, 3.05) is 0 Å². The van der Waals surface area contributed by atoms with Crippen molar-refractivity contribution in [2.24, 2.45) is 0 Å². The van der Waals surface area contributed by atoms with Gasteiger partial charge in [0.25, 0.3) is 0 Å². The number of aliphatic hydroxyl groups is 1. The molecule has 0 bridgehead atoms. The molecule has 0 spiro atoms. The highest BCUT2D eigenvalue weighted by atomic mass is 32.1. The van der Waals surface area contributed by atoms with Gasteiger partial charge in [0.05, 0.1) is 28.9 Å². The average Bonchev–Trinajstić information content (AvgIpc) is 3.28. The Kier molecular flexibility index (Phi) is 4.87. The van der Waals surface area contributed by atoms with Gasteiger partial charge in [0.2, 0.25) is 0 Å². The molecule has 0 aliphatic carbocycles. The summed E-state index contributed by atoms with van der Waals surface area (Å²) in [6.07, 6.45) is 0. The second-order valence-corrected chi connectivity index (χ2v) is 7.63. The monoisotopic (exact) mass is 404 g/mol. The molecule has 0 radical (unpaired) electrons. The van der Waals surface area contributed by atoms with Crippen LogP contribution in [0.15, 0.2) is 59.7 Å². The van der Waals surface area contributed by atoms with Crippen LogP contribution in [0.5, 0.6) is 0 Å². The fourth-order valence-corrected chi connectivity index (χ4v) is 4.19. The average molecular weight is 404 g/mol. The zero-order chi connectivity index (χ0) is 20.5. The molecule has 2 aromatic carbocycles. The van der Waals surface area contributed by atoms with Crippen molar-refractivity contribution in [2.45, 2.75) is 19.5 Å². The topological polar surface area (TPSA) is 84.0 Å². The van der Waals surface area contributed by atoms with Crippen LogP contribution in [-0.4, -0.2) is 26.9 Å². The summed E-state index contributed by atoms with van der Waals surface area (Å²) < 4.78 is 13.5. The Labute approximate surface area is 171 Å². The summed E-state index contributed by atoms with van der Waals surface area (Å²) in [7, 11) is 0. The van der Waals surface area contributed by atoms with Crippen molar-refractivity contribution in [3.63, 3.8) is 0 Å². The van der Waals surface area contributed by atoms with Crippen LogP contribution in [-0.2, 0) is 6.54 Å². The molecule has 2 N–H and O–H groups in total. The second-order valence-electron chi connectivity index (χ2n) is 6.77. The van der Waals surface area contributed by atoms with E-state index >= 15 is 0 Å². The number of thiazole rings is 1. The molecule has 4 rings (SSSR count). The Bertz CT molecular complexity index is 1160. The number of hydrogen-bond donors (Lipinski definition) is 2. The van der Waals surface area contributed by atoms with E-state index < -0.39 is 6.04 Å². The first kappa shape index (κ1) is 18.8. The Balaban J connectivity index is 1.60. The highest BCUT2D eigenvalue weighted by Gasteiger charge is 2.36. The van der Waals surface area contributed by atoms with Crippen molar-refractivity contribution >= 4 is 22.7 Å². The number of nitrogens with one attached hydrogen (secondary N) is 1. The van der Waals surface area contributed by atoms with Gasteiger partial charge in [0.1, 0.15) is 22.4 Å². The third kappa shape index (κ3) is 3.50. The van der Waals surface area contributed by atoms with E-state index in [2.05, 4.69) is 11.1 Å². The van der Waals surface area contributed by atoms with Crippen molar-refractivity contribution < 1.29 is 9.50 Å². The number of amidine groups is 1. The predicted molar refractivity (Wildman–Crippen MR) is 111 cm³/mol. The minimum absolute atomic E-state index is 0.0899. The largest absolute Gasteiger partial charge is 0.509 e. The predicted octanol–water partition coefficient (Wildman–Crippen LogP) is 4.97. The maximum absolute atomic E-state index is 13.5. The van der Waals surface area contributed by atoms with E-state index in [-0.39, 0.29) is 17.4 Å². The Morgan fingerprint density at radius 1 is 1.28 bits per heavy atom. The molecule has 0 saturated carbocycles. The van der Waals surface area contributed by atoms with Gasteiger partial charge in [-0.3, -0.25) is 5.41 Å². The van der Waals surface area contributed by atoms with Crippen LogP contribution in [0, 0.1) is 22.6 Å². The molecule has 2 heterocycles. The van der Waals surface area contributed by atoms with E-state index in [1.165, 1.54) is 23.5 Å². The van der Waals surface area contributed by atoms with E-state index in [0.717, 1.165) is 16.8 Å². The van der Waals surface area contributed by atoms with Gasteiger partial charge in [-0.1, -0.05) is 24.3 Å². The molecule has 1 aliphatic heterocycles. The maximum atomic E-state index is 13.5. The number of benzene rings is 2. The second kappa shape index (κ2) is 7.49. The van der Waals surface area contributed by atoms with E-state index in [1.54, 1.807) is 29.2 Å². The third-order valence-electron chi connectivity index (χ3n) is 4.91. The molecular formula is C22H17FN4OS. The van der Waals surface area contributed by atoms with Gasteiger partial charge < -0.3 is 10.0 Å². The third-order valence-corrected chi connectivity index (χ3v) is 5.77. The fraction of sp³-hybridized carbons (Fsp3) is 0.136. The lowest BCUT2D eigenvalue weighted by atomic mass is 10.1. The summed E-state index contributed by atoms with van der Waals surface area (Å²) in [5.74, 6) is -0.0719. The molecule has 3 aromatic rings. The summed E-state index contributed by atoms with van der Waals surface area (Å²) in [6.45, 7) is 2.13. The van der Waals surface area contributed by atoms with Gasteiger partial charge in [0.15, 0.2) is 0 Å². The molecule has 29 heavy (non-hydrogen) atoms. The molecule has 1 aliphatic rings. The number of hydrogen-bond acceptors (Lipinski definition) is 5. The lowest BCUT2D eigenvalue weighted by Crippen LogP contribution is -2.32. The van der Waals surface area contributed by atoms with E-state index in [4.69, 9.17) is 10.7 Å². The van der Waals surface area contributed by atoms with Gasteiger partial charge in [0, 0.05) is 17.5 Å². The van der Waals surface area contributed by atoms with Crippen molar-refractivity contribution in [3.05, 3.63) is 81.6 Å². The van der Waals surface area contributed by atoms with Gasteiger partial charge in [-0.05, 0) is 36.8 Å². The summed E-state index contributed by atoms with van der Waals surface area (Å²) in [4.78, 5) is 6.32. The molecule has 1 atom stereocenters. The Hall–Kier alpha value is -3.50. The number of nitriles is 1. The van der Waals surface area contributed by atoms with Crippen LogP contribution in [0.3, 0.4) is 0 Å². The highest BCUT2D eigenvalue weighted by molar-refractivity contribution is 7.11.